The number of carbonyl (C=O) groups is 2. The van der Waals surface area contributed by atoms with Crippen LogP contribution in [0.4, 0.5) is 5.69 Å². The second kappa shape index (κ2) is 9.50. The van der Waals surface area contributed by atoms with E-state index in [1.165, 1.54) is 18.7 Å². The average Bonchev–Trinajstić information content (AvgIpc) is 2.63. The first-order valence-corrected chi connectivity index (χ1v) is 9.63. The van der Waals surface area contributed by atoms with Crippen molar-refractivity contribution in [3.8, 4) is 5.75 Å². The first-order valence-electron chi connectivity index (χ1n) is 8.03. The predicted octanol–water partition coefficient (Wildman–Crippen LogP) is 4.64. The van der Waals surface area contributed by atoms with Crippen LogP contribution in [0.15, 0.2) is 47.4 Å². The van der Waals surface area contributed by atoms with E-state index in [1.54, 1.807) is 30.3 Å². The molecule has 0 fully saturated rings. The van der Waals surface area contributed by atoms with Gasteiger partial charge in [0.2, 0.25) is 0 Å². The Morgan fingerprint density at radius 3 is 2.65 bits per heavy atom. The maximum atomic E-state index is 12.4. The Hall–Kier alpha value is -2.18. The van der Waals surface area contributed by atoms with Crippen molar-refractivity contribution in [1.82, 2.24) is 0 Å². The van der Waals surface area contributed by atoms with Gasteiger partial charge in [0.1, 0.15) is 5.75 Å². The van der Waals surface area contributed by atoms with Crippen LogP contribution in [0.3, 0.4) is 0 Å². The average molecular weight is 394 g/mol. The van der Waals surface area contributed by atoms with Crippen LogP contribution in [0, 0.1) is 0 Å². The third-order valence-corrected chi connectivity index (χ3v) is 4.55. The van der Waals surface area contributed by atoms with Gasteiger partial charge in [0.05, 0.1) is 22.9 Å². The van der Waals surface area contributed by atoms with Crippen molar-refractivity contribution >= 4 is 40.9 Å². The summed E-state index contributed by atoms with van der Waals surface area (Å²) in [6.45, 7) is 3.83. The van der Waals surface area contributed by atoms with Gasteiger partial charge in [-0.25, -0.2) is 4.79 Å². The van der Waals surface area contributed by atoms with Gasteiger partial charge in [-0.15, -0.1) is 11.8 Å². The van der Waals surface area contributed by atoms with Crippen molar-refractivity contribution in [2.75, 3.05) is 18.2 Å². The van der Waals surface area contributed by atoms with E-state index < -0.39 is 18.0 Å². The minimum atomic E-state index is -0.994. The lowest BCUT2D eigenvalue weighted by molar-refractivity contribution is -0.123. The number of anilines is 1. The van der Waals surface area contributed by atoms with E-state index in [4.69, 9.17) is 21.1 Å². The molecule has 1 unspecified atom stereocenters. The van der Waals surface area contributed by atoms with Gasteiger partial charge < -0.3 is 14.8 Å². The Kier molecular flexibility index (Phi) is 7.36. The number of nitrogens with one attached hydrogen (secondary N) is 1. The molecule has 2 rings (SSSR count). The largest absolute Gasteiger partial charge is 0.492 e. The number of halogens is 1. The maximum Gasteiger partial charge on any atom is 0.340 e. The molecule has 0 aliphatic rings. The summed E-state index contributed by atoms with van der Waals surface area (Å²) in [5.41, 5.74) is 0.748. The smallest absolute Gasteiger partial charge is 0.340 e. The number of hydrogen-bond acceptors (Lipinski definition) is 5. The highest BCUT2D eigenvalue weighted by Gasteiger charge is 2.21. The van der Waals surface area contributed by atoms with Crippen LogP contribution in [0.1, 0.15) is 24.2 Å². The van der Waals surface area contributed by atoms with Crippen LogP contribution < -0.4 is 10.1 Å². The normalized spacial score (nSPS) is 11.5. The summed E-state index contributed by atoms with van der Waals surface area (Å²) in [5, 5.41) is 2.99. The summed E-state index contributed by atoms with van der Waals surface area (Å²) in [6.07, 6.45) is 0.899. The van der Waals surface area contributed by atoms with Crippen molar-refractivity contribution in [3.05, 3.63) is 53.1 Å². The molecular formula is C19H20ClNO4S. The molecule has 1 amide bonds. The number of para-hydroxylation sites is 2. The van der Waals surface area contributed by atoms with Crippen molar-refractivity contribution in [2.45, 2.75) is 24.8 Å². The van der Waals surface area contributed by atoms with Gasteiger partial charge in [0.15, 0.2) is 6.10 Å². The molecule has 0 saturated heterocycles. The molecule has 0 heterocycles. The quantitative estimate of drug-likeness (QED) is 0.548. The SMILES string of the molecule is CCOc1ccccc1NC(=O)C(C)OC(=O)c1cc(SC)ccc1Cl. The van der Waals surface area contributed by atoms with E-state index in [9.17, 15) is 9.59 Å². The lowest BCUT2D eigenvalue weighted by Crippen LogP contribution is -2.30. The zero-order valence-corrected chi connectivity index (χ0v) is 16.3. The number of benzene rings is 2. The Balaban J connectivity index is 2.06. The molecule has 5 nitrogen and oxygen atoms in total. The van der Waals surface area contributed by atoms with Gasteiger partial charge in [-0.1, -0.05) is 23.7 Å². The fraction of sp³-hybridized carbons (Fsp3) is 0.263. The van der Waals surface area contributed by atoms with E-state index in [2.05, 4.69) is 5.32 Å². The molecule has 2 aromatic carbocycles. The standard InChI is InChI=1S/C19H20ClNO4S/c1-4-24-17-8-6-5-7-16(17)21-18(22)12(2)25-19(23)14-11-13(26-3)9-10-15(14)20/h5-12H,4H2,1-3H3,(H,21,22). The second-order valence-corrected chi connectivity index (χ2v) is 6.60. The summed E-state index contributed by atoms with van der Waals surface area (Å²) in [7, 11) is 0. The first kappa shape index (κ1) is 20.1. The lowest BCUT2D eigenvalue weighted by atomic mass is 10.2. The highest BCUT2D eigenvalue weighted by atomic mass is 35.5. The van der Waals surface area contributed by atoms with Crippen LogP contribution in [0.5, 0.6) is 5.75 Å². The topological polar surface area (TPSA) is 64.6 Å². The van der Waals surface area contributed by atoms with Crippen LogP contribution in [-0.2, 0) is 9.53 Å². The first-order chi connectivity index (χ1) is 12.5. The van der Waals surface area contributed by atoms with Gasteiger partial charge in [0, 0.05) is 4.90 Å². The Bertz CT molecular complexity index is 797. The fourth-order valence-electron chi connectivity index (χ4n) is 2.15. The van der Waals surface area contributed by atoms with E-state index in [-0.39, 0.29) is 10.6 Å². The number of rotatable bonds is 7. The number of esters is 1. The molecule has 0 spiro atoms. The summed E-state index contributed by atoms with van der Waals surface area (Å²) in [5.74, 6) is -0.549. The summed E-state index contributed by atoms with van der Waals surface area (Å²) >= 11 is 7.55. The summed E-state index contributed by atoms with van der Waals surface area (Å²) in [4.78, 5) is 25.6. The predicted molar refractivity (Wildman–Crippen MR) is 104 cm³/mol. The summed E-state index contributed by atoms with van der Waals surface area (Å²) in [6, 6.07) is 12.1. The molecule has 0 aliphatic carbocycles. The molecule has 0 radical (unpaired) electrons. The van der Waals surface area contributed by atoms with E-state index in [1.807, 2.05) is 25.3 Å². The minimum Gasteiger partial charge on any atom is -0.492 e. The van der Waals surface area contributed by atoms with Gasteiger partial charge in [-0.2, -0.15) is 0 Å². The third kappa shape index (κ3) is 5.16. The number of ether oxygens (including phenoxy) is 2. The number of hydrogen-bond donors (Lipinski definition) is 1. The minimum absolute atomic E-state index is 0.230. The molecule has 1 N–H and O–H groups in total. The Morgan fingerprint density at radius 1 is 1.23 bits per heavy atom. The fourth-order valence-corrected chi connectivity index (χ4v) is 2.79. The molecule has 0 bridgehead atoms. The van der Waals surface area contributed by atoms with Crippen molar-refractivity contribution in [3.63, 3.8) is 0 Å². The van der Waals surface area contributed by atoms with Crippen molar-refractivity contribution in [1.29, 1.82) is 0 Å². The van der Waals surface area contributed by atoms with Crippen LogP contribution in [0.25, 0.3) is 0 Å². The van der Waals surface area contributed by atoms with Gasteiger partial charge in [0.25, 0.3) is 5.91 Å². The molecule has 0 saturated carbocycles. The van der Waals surface area contributed by atoms with Gasteiger partial charge >= 0.3 is 5.97 Å². The molecule has 26 heavy (non-hydrogen) atoms. The monoisotopic (exact) mass is 393 g/mol. The van der Waals surface area contributed by atoms with Crippen LogP contribution in [-0.4, -0.2) is 30.8 Å². The van der Waals surface area contributed by atoms with Crippen molar-refractivity contribution < 1.29 is 19.1 Å². The lowest BCUT2D eigenvalue weighted by Gasteiger charge is -2.16. The summed E-state index contributed by atoms with van der Waals surface area (Å²) < 4.78 is 10.7. The highest BCUT2D eigenvalue weighted by Crippen LogP contribution is 2.25. The van der Waals surface area contributed by atoms with Gasteiger partial charge in [-0.05, 0) is 50.4 Å². The molecule has 0 aliphatic heterocycles. The zero-order valence-electron chi connectivity index (χ0n) is 14.7. The zero-order chi connectivity index (χ0) is 19.1. The van der Waals surface area contributed by atoms with Crippen LogP contribution in [0.2, 0.25) is 5.02 Å². The Morgan fingerprint density at radius 2 is 1.96 bits per heavy atom. The Labute approximate surface area is 162 Å². The molecule has 1 atom stereocenters. The molecule has 0 aromatic heterocycles. The van der Waals surface area contributed by atoms with Crippen LogP contribution >= 0.6 is 23.4 Å². The second-order valence-electron chi connectivity index (χ2n) is 5.31. The van der Waals surface area contributed by atoms with E-state index >= 15 is 0 Å². The van der Waals surface area contributed by atoms with E-state index in [0.29, 0.717) is 18.0 Å². The number of amides is 1. The number of thioether (sulfide) groups is 1. The maximum absolute atomic E-state index is 12.4. The molecular weight excluding hydrogens is 374 g/mol. The molecule has 7 heteroatoms. The van der Waals surface area contributed by atoms with Crippen molar-refractivity contribution in [2.24, 2.45) is 0 Å². The number of carbonyl (C=O) groups excluding carboxylic acids is 2. The third-order valence-electron chi connectivity index (χ3n) is 3.49. The highest BCUT2D eigenvalue weighted by molar-refractivity contribution is 7.98. The molecule has 2 aromatic rings. The van der Waals surface area contributed by atoms with E-state index in [0.717, 1.165) is 4.90 Å². The van der Waals surface area contributed by atoms with Gasteiger partial charge in [-0.3, -0.25) is 4.79 Å². The molecule has 138 valence electrons.